The molecule has 2 aliphatic rings. The molecule has 0 saturated carbocycles. The number of piperidine rings is 1. The molecule has 1 fully saturated rings. The quantitative estimate of drug-likeness (QED) is 0.182. The lowest BCUT2D eigenvalue weighted by Crippen LogP contribution is -2.38. The molecule has 1 aromatic heterocycles. The second-order valence-corrected chi connectivity index (χ2v) is 15.1. The molecule has 0 radical (unpaired) electrons. The highest BCUT2D eigenvalue weighted by molar-refractivity contribution is 7.89. The summed E-state index contributed by atoms with van der Waals surface area (Å²) < 4.78 is 33.6. The highest BCUT2D eigenvalue weighted by Gasteiger charge is 2.31. The van der Waals surface area contributed by atoms with Crippen molar-refractivity contribution in [2.45, 2.75) is 36.5 Å². The molecule has 2 heterocycles. The zero-order valence-electron chi connectivity index (χ0n) is 27.1. The average Bonchev–Trinajstić information content (AvgIpc) is 3.69. The molecule has 0 bridgehead atoms. The highest BCUT2D eigenvalue weighted by atomic mass is 35.5. The van der Waals surface area contributed by atoms with Crippen LogP contribution in [0.5, 0.6) is 0 Å². The van der Waals surface area contributed by atoms with Gasteiger partial charge in [0.25, 0.3) is 0 Å². The molecule has 1 aliphatic carbocycles. The van der Waals surface area contributed by atoms with Crippen LogP contribution in [0.4, 0.5) is 10.5 Å². The number of nitrogens with one attached hydrogen (secondary N) is 2. The second kappa shape index (κ2) is 13.3. The Morgan fingerprint density at radius 1 is 0.980 bits per heavy atom. The lowest BCUT2D eigenvalue weighted by atomic mass is 9.89. The second-order valence-electron chi connectivity index (χ2n) is 12.7. The summed E-state index contributed by atoms with van der Waals surface area (Å²) in [6.45, 7) is 2.79. The van der Waals surface area contributed by atoms with Gasteiger partial charge in [0.05, 0.1) is 18.3 Å². The maximum atomic E-state index is 13.4. The van der Waals surface area contributed by atoms with Crippen molar-refractivity contribution >= 4 is 50.2 Å². The van der Waals surface area contributed by atoms with Crippen molar-refractivity contribution in [1.29, 1.82) is 0 Å². The van der Waals surface area contributed by atoms with Crippen LogP contribution in [-0.2, 0) is 19.6 Å². The molecule has 5 aromatic rings. The number of carbonyl (C=O) groups is 2. The first-order chi connectivity index (χ1) is 23.6. The van der Waals surface area contributed by atoms with Crippen LogP contribution in [0.3, 0.4) is 0 Å². The molecule has 12 heteroatoms. The number of sulfonamides is 1. The smallest absolute Gasteiger partial charge is 0.409 e. The van der Waals surface area contributed by atoms with Crippen LogP contribution in [0.2, 0.25) is 5.02 Å². The number of nitrogens with zero attached hydrogens (tertiary/aromatic N) is 3. The van der Waals surface area contributed by atoms with Gasteiger partial charge in [0, 0.05) is 42.2 Å². The van der Waals surface area contributed by atoms with Crippen LogP contribution in [0.15, 0.2) is 90.0 Å². The summed E-state index contributed by atoms with van der Waals surface area (Å²) in [6.07, 6.45) is 2.70. The molecule has 0 atom stereocenters. The molecule has 252 valence electrons. The Morgan fingerprint density at radius 2 is 1.65 bits per heavy atom. The minimum Gasteiger partial charge on any atom is -0.448 e. The molecule has 2 amide bonds. The van der Waals surface area contributed by atoms with Crippen molar-refractivity contribution < 1.29 is 22.7 Å². The number of aryl methyl sites for hydroxylation is 1. The molecule has 10 nitrogen and oxygen atoms in total. The SMILES string of the molecule is Cc1cc(S(=O)(=O)N(C)CC(=O)Nc2ccc(C3CCN(C(=O)OCC4c5ccccc5-c5ccccc54)CC3)c(Cl)c2)c2[nH]ncc2c1. The standard InChI is InChI=1S/C37H36ClN5O5S/c1-23-17-25-20-39-41-36(25)34(18-23)49(46,47)42(2)21-35(44)40-26-11-12-27(33(38)19-26)24-13-15-43(16-14-24)37(45)48-22-32-30-9-5-3-7-28(30)29-8-4-6-10-31(29)32/h3-12,17-20,24,32H,13-16,21-22H2,1-2H3,(H,39,41)(H,40,44). The Morgan fingerprint density at radius 3 is 2.33 bits per heavy atom. The number of amides is 2. The number of ether oxygens (including phenoxy) is 1. The third-order valence-electron chi connectivity index (χ3n) is 9.52. The minimum atomic E-state index is -3.98. The van der Waals surface area contributed by atoms with E-state index in [9.17, 15) is 18.0 Å². The lowest BCUT2D eigenvalue weighted by molar-refractivity contribution is -0.116. The molecule has 0 unspecified atom stereocenters. The van der Waals surface area contributed by atoms with Gasteiger partial charge < -0.3 is 15.0 Å². The highest BCUT2D eigenvalue weighted by Crippen LogP contribution is 2.44. The van der Waals surface area contributed by atoms with Crippen LogP contribution in [0.1, 0.15) is 46.9 Å². The molecular weight excluding hydrogens is 662 g/mol. The number of hydrogen-bond acceptors (Lipinski definition) is 6. The van der Waals surface area contributed by atoms with E-state index >= 15 is 0 Å². The maximum absolute atomic E-state index is 13.4. The van der Waals surface area contributed by atoms with Crippen molar-refractivity contribution in [3.63, 3.8) is 0 Å². The number of hydrogen-bond donors (Lipinski definition) is 2. The third-order valence-corrected chi connectivity index (χ3v) is 11.7. The Balaban J connectivity index is 0.926. The van der Waals surface area contributed by atoms with Gasteiger partial charge in [-0.25, -0.2) is 13.2 Å². The number of halogens is 1. The van der Waals surface area contributed by atoms with Gasteiger partial charge in [-0.15, -0.1) is 0 Å². The third kappa shape index (κ3) is 6.41. The Labute approximate surface area is 290 Å². The zero-order valence-corrected chi connectivity index (χ0v) is 28.7. The van der Waals surface area contributed by atoms with Crippen LogP contribution in [-0.4, -0.2) is 73.1 Å². The number of fused-ring (bicyclic) bond motifs is 4. The number of aromatic nitrogens is 2. The number of carbonyl (C=O) groups excluding carboxylic acids is 2. The van der Waals surface area contributed by atoms with Gasteiger partial charge in [-0.05, 0) is 83.3 Å². The van der Waals surface area contributed by atoms with Crippen LogP contribution >= 0.6 is 11.6 Å². The number of benzene rings is 4. The van der Waals surface area contributed by atoms with Crippen LogP contribution in [0.25, 0.3) is 22.0 Å². The number of rotatable bonds is 8. The number of likely N-dealkylation sites (N-methyl/N-ethyl adjacent to an activating group) is 1. The zero-order chi connectivity index (χ0) is 34.3. The lowest BCUT2D eigenvalue weighted by Gasteiger charge is -2.32. The summed E-state index contributed by atoms with van der Waals surface area (Å²) in [5.41, 5.74) is 7.31. The van der Waals surface area contributed by atoms with E-state index in [1.165, 1.54) is 29.3 Å². The molecule has 1 saturated heterocycles. The predicted molar refractivity (Wildman–Crippen MR) is 189 cm³/mol. The van der Waals surface area contributed by atoms with Gasteiger partial charge in [0.1, 0.15) is 11.5 Å². The van der Waals surface area contributed by atoms with E-state index in [2.05, 4.69) is 39.8 Å². The van der Waals surface area contributed by atoms with E-state index in [0.29, 0.717) is 34.7 Å². The topological polar surface area (TPSA) is 125 Å². The Bertz CT molecular complexity index is 2130. The van der Waals surface area contributed by atoms with Gasteiger partial charge >= 0.3 is 6.09 Å². The monoisotopic (exact) mass is 697 g/mol. The van der Waals surface area contributed by atoms with Crippen LogP contribution in [0, 0.1) is 6.92 Å². The summed E-state index contributed by atoms with van der Waals surface area (Å²) in [7, 11) is -2.61. The summed E-state index contributed by atoms with van der Waals surface area (Å²) in [6, 6.07) is 25.3. The van der Waals surface area contributed by atoms with Crippen molar-refractivity contribution in [2.24, 2.45) is 0 Å². The van der Waals surface area contributed by atoms with Crippen molar-refractivity contribution in [3.8, 4) is 11.1 Å². The van der Waals surface area contributed by atoms with Gasteiger partial charge in [0.2, 0.25) is 15.9 Å². The fraction of sp³-hybridized carbons (Fsp3) is 0.270. The van der Waals surface area contributed by atoms with E-state index in [4.69, 9.17) is 16.3 Å². The summed E-state index contributed by atoms with van der Waals surface area (Å²) in [4.78, 5) is 27.8. The van der Waals surface area contributed by atoms with E-state index in [-0.39, 0.29) is 36.0 Å². The first-order valence-corrected chi connectivity index (χ1v) is 18.0. The largest absolute Gasteiger partial charge is 0.448 e. The van der Waals surface area contributed by atoms with Crippen molar-refractivity contribution in [2.75, 3.05) is 38.6 Å². The van der Waals surface area contributed by atoms with Gasteiger partial charge in [0.15, 0.2) is 0 Å². The van der Waals surface area contributed by atoms with E-state index < -0.39 is 15.9 Å². The van der Waals surface area contributed by atoms with E-state index in [1.807, 2.05) is 36.4 Å². The van der Waals surface area contributed by atoms with Crippen molar-refractivity contribution in [3.05, 3.63) is 112 Å². The molecule has 7 rings (SSSR count). The van der Waals surface area contributed by atoms with Gasteiger partial charge in [-0.3, -0.25) is 9.89 Å². The van der Waals surface area contributed by atoms with Crippen molar-refractivity contribution in [1.82, 2.24) is 19.4 Å². The first-order valence-electron chi connectivity index (χ1n) is 16.2. The molecular formula is C37H36ClN5O5S. The molecule has 0 spiro atoms. The van der Waals surface area contributed by atoms with E-state index in [0.717, 1.165) is 28.3 Å². The van der Waals surface area contributed by atoms with E-state index in [1.54, 1.807) is 36.2 Å². The summed E-state index contributed by atoms with van der Waals surface area (Å²) in [5, 5.41) is 10.6. The molecule has 2 N–H and O–H groups in total. The summed E-state index contributed by atoms with van der Waals surface area (Å²) in [5.74, 6) is -0.350. The predicted octanol–water partition coefficient (Wildman–Crippen LogP) is 6.91. The first kappa shape index (κ1) is 32.8. The van der Waals surface area contributed by atoms with Gasteiger partial charge in [-0.1, -0.05) is 66.2 Å². The number of aromatic amines is 1. The number of anilines is 1. The van der Waals surface area contributed by atoms with Crippen LogP contribution < -0.4 is 5.32 Å². The maximum Gasteiger partial charge on any atom is 0.409 e. The fourth-order valence-electron chi connectivity index (χ4n) is 7.02. The molecule has 49 heavy (non-hydrogen) atoms. The minimum absolute atomic E-state index is 0.0117. The number of likely N-dealkylation sites (tertiary alicyclic amines) is 1. The fourth-order valence-corrected chi connectivity index (χ4v) is 8.74. The Kier molecular flexibility index (Phi) is 8.91. The Hall–Kier alpha value is -4.71. The number of H-pyrrole nitrogens is 1. The molecule has 4 aromatic carbocycles. The van der Waals surface area contributed by atoms with Gasteiger partial charge in [-0.2, -0.15) is 9.40 Å². The average molecular weight is 698 g/mol. The summed E-state index contributed by atoms with van der Waals surface area (Å²) >= 11 is 6.70. The normalized spacial score (nSPS) is 15.0. The molecule has 1 aliphatic heterocycles.